The third kappa shape index (κ3) is 1.95. The minimum absolute atomic E-state index is 0.113. The summed E-state index contributed by atoms with van der Waals surface area (Å²) in [6.07, 6.45) is 7.07. The van der Waals surface area contributed by atoms with E-state index in [-0.39, 0.29) is 23.9 Å². The maximum Gasteiger partial charge on any atom is 0.315 e. The Kier molecular flexibility index (Phi) is 3.97. The quantitative estimate of drug-likeness (QED) is 0.411. The van der Waals surface area contributed by atoms with E-state index in [0.717, 1.165) is 37.7 Å². The summed E-state index contributed by atoms with van der Waals surface area (Å²) in [6, 6.07) is 0. The van der Waals surface area contributed by atoms with Crippen molar-refractivity contribution in [3.8, 4) is 0 Å². The molecule has 0 unspecified atom stereocenters. The highest BCUT2D eigenvalue weighted by Crippen LogP contribution is 2.82. The molecule has 1 heterocycles. The summed E-state index contributed by atoms with van der Waals surface area (Å²) < 4.78 is 11.4. The van der Waals surface area contributed by atoms with Gasteiger partial charge in [-0.3, -0.25) is 4.79 Å². The molecule has 5 aliphatic rings. The Morgan fingerprint density at radius 1 is 1.39 bits per heavy atom. The molecule has 3 saturated carbocycles. The summed E-state index contributed by atoms with van der Waals surface area (Å²) in [6.45, 7) is 8.11. The average molecular weight is 389 g/mol. The molecule has 1 saturated heterocycles. The van der Waals surface area contributed by atoms with Crippen molar-refractivity contribution >= 4 is 12.3 Å². The van der Waals surface area contributed by atoms with Crippen molar-refractivity contribution in [1.29, 1.82) is 0 Å². The van der Waals surface area contributed by atoms with Gasteiger partial charge in [0, 0.05) is 5.41 Å². The Hall–Kier alpha value is -1.20. The van der Waals surface area contributed by atoms with Crippen molar-refractivity contribution in [2.24, 2.45) is 45.8 Å². The summed E-state index contributed by atoms with van der Waals surface area (Å²) >= 11 is 0. The monoisotopic (exact) mass is 388 g/mol. The van der Waals surface area contributed by atoms with Gasteiger partial charge in [0.05, 0.1) is 25.2 Å². The molecule has 8 atom stereocenters. The molecule has 0 amide bonds. The lowest BCUT2D eigenvalue weighted by Crippen LogP contribution is -2.63. The normalized spacial score (nSPS) is 50.6. The number of rotatable bonds is 7. The smallest absolute Gasteiger partial charge is 0.315 e. The molecular formula is C23H32O5. The highest BCUT2D eigenvalue weighted by atomic mass is 16.6. The van der Waals surface area contributed by atoms with Crippen LogP contribution in [0.5, 0.6) is 0 Å². The first-order valence-electron chi connectivity index (χ1n) is 11.0. The van der Waals surface area contributed by atoms with Crippen LogP contribution in [0.2, 0.25) is 0 Å². The van der Waals surface area contributed by atoms with Gasteiger partial charge in [-0.05, 0) is 48.9 Å². The molecular weight excluding hydrogens is 356 g/mol. The van der Waals surface area contributed by atoms with E-state index in [1.165, 1.54) is 0 Å². The van der Waals surface area contributed by atoms with E-state index in [0.29, 0.717) is 31.5 Å². The first-order valence-corrected chi connectivity index (χ1v) is 11.0. The summed E-state index contributed by atoms with van der Waals surface area (Å²) in [5, 5.41) is 10.8. The number of carboxylic acid groups (broad SMARTS) is 1. The Labute approximate surface area is 166 Å². The van der Waals surface area contributed by atoms with E-state index in [1.807, 2.05) is 0 Å². The van der Waals surface area contributed by atoms with Gasteiger partial charge in [0.1, 0.15) is 17.8 Å². The number of carbonyl (C=O) groups is 2. The molecule has 0 radical (unpaired) electrons. The fourth-order valence-electron chi connectivity index (χ4n) is 8.17. The zero-order valence-corrected chi connectivity index (χ0v) is 17.1. The number of epoxide rings is 1. The van der Waals surface area contributed by atoms with Gasteiger partial charge in [-0.15, -0.1) is 0 Å². The van der Waals surface area contributed by atoms with E-state index < -0.39 is 22.2 Å². The van der Waals surface area contributed by atoms with Crippen LogP contribution in [0.15, 0.2) is 11.6 Å². The van der Waals surface area contributed by atoms with Crippen LogP contribution in [0, 0.1) is 45.8 Å². The van der Waals surface area contributed by atoms with Crippen molar-refractivity contribution in [2.75, 3.05) is 19.8 Å². The van der Waals surface area contributed by atoms with Gasteiger partial charge in [0.25, 0.3) is 0 Å². The van der Waals surface area contributed by atoms with Gasteiger partial charge in [-0.25, -0.2) is 0 Å². The van der Waals surface area contributed by atoms with Gasteiger partial charge in [0.15, 0.2) is 0 Å². The minimum atomic E-state index is -1.11. The zero-order chi connectivity index (χ0) is 19.9. The lowest BCUT2D eigenvalue weighted by molar-refractivity contribution is -0.186. The molecule has 5 heteroatoms. The van der Waals surface area contributed by atoms with Crippen LogP contribution < -0.4 is 0 Å². The van der Waals surface area contributed by atoms with E-state index in [9.17, 15) is 14.7 Å². The number of hydrogen-bond acceptors (Lipinski definition) is 4. The molecule has 0 aromatic carbocycles. The molecule has 1 aliphatic heterocycles. The van der Waals surface area contributed by atoms with Gasteiger partial charge >= 0.3 is 5.97 Å². The molecule has 4 fully saturated rings. The predicted molar refractivity (Wildman–Crippen MR) is 103 cm³/mol. The van der Waals surface area contributed by atoms with Crippen LogP contribution in [0.25, 0.3) is 0 Å². The molecule has 5 rings (SSSR count). The van der Waals surface area contributed by atoms with Crippen molar-refractivity contribution in [2.45, 2.75) is 52.6 Å². The molecule has 154 valence electrons. The fraction of sp³-hybridized carbons (Fsp3) is 0.826. The second kappa shape index (κ2) is 5.91. The Bertz CT molecular complexity index is 739. The number of hydrogen-bond donors (Lipinski definition) is 1. The van der Waals surface area contributed by atoms with Crippen molar-refractivity contribution < 1.29 is 24.2 Å². The highest BCUT2D eigenvalue weighted by molar-refractivity contribution is 5.90. The maximum atomic E-state index is 13.2. The van der Waals surface area contributed by atoms with E-state index in [1.54, 1.807) is 0 Å². The number of allylic oxidation sites excluding steroid dienone is 1. The van der Waals surface area contributed by atoms with Gasteiger partial charge in [0.2, 0.25) is 0 Å². The highest BCUT2D eigenvalue weighted by Gasteiger charge is 2.84. The van der Waals surface area contributed by atoms with E-state index >= 15 is 0 Å². The molecule has 5 nitrogen and oxygen atoms in total. The second-order valence-corrected chi connectivity index (χ2v) is 10.5. The van der Waals surface area contributed by atoms with Crippen molar-refractivity contribution in [3.05, 3.63) is 11.6 Å². The molecule has 4 bridgehead atoms. The maximum absolute atomic E-state index is 13.2. The van der Waals surface area contributed by atoms with Crippen LogP contribution >= 0.6 is 0 Å². The summed E-state index contributed by atoms with van der Waals surface area (Å²) in [4.78, 5) is 26.0. The molecule has 4 aliphatic carbocycles. The van der Waals surface area contributed by atoms with Crippen LogP contribution in [0.3, 0.4) is 0 Å². The Morgan fingerprint density at radius 3 is 2.75 bits per heavy atom. The number of carboxylic acids is 1. The zero-order valence-electron chi connectivity index (χ0n) is 17.1. The fourth-order valence-corrected chi connectivity index (χ4v) is 8.17. The standard InChI is InChI=1S/C23H32O5/c1-13(2)19-6-15-7-21(11-24)18-5-4-14(3)17(18)8-22(15,23(19,21)20(25)26)12-27-9-16-10-28-16/h6,11,13-18H,4-5,7-10,12H2,1-3H3,(H,25,26)/t14-,15+,16-,17-,18-,21-,22+,23+/m1/s1. The number of aldehydes is 1. The van der Waals surface area contributed by atoms with Crippen molar-refractivity contribution in [1.82, 2.24) is 0 Å². The molecule has 0 spiro atoms. The number of ether oxygens (including phenoxy) is 2. The number of fused-ring (bicyclic) bond motifs is 2. The van der Waals surface area contributed by atoms with Gasteiger partial charge < -0.3 is 19.4 Å². The first-order chi connectivity index (χ1) is 13.3. The molecule has 1 N–H and O–H groups in total. The summed E-state index contributed by atoms with van der Waals surface area (Å²) in [5.41, 5.74) is -1.43. The van der Waals surface area contributed by atoms with Gasteiger partial charge in [-0.1, -0.05) is 38.8 Å². The second-order valence-electron chi connectivity index (χ2n) is 10.5. The van der Waals surface area contributed by atoms with E-state index in [4.69, 9.17) is 9.47 Å². The SMILES string of the molecule is CC(C)C1=C[C@H]2C[C@@]3(C=O)[C@@H]4CC[C@@H](C)[C@H]4C[C@@]2(COC[C@@H]2CO2)[C@]13C(=O)O. The summed E-state index contributed by atoms with van der Waals surface area (Å²) in [7, 11) is 0. The van der Waals surface area contributed by atoms with Crippen LogP contribution in [-0.4, -0.2) is 43.3 Å². The lowest BCUT2D eigenvalue weighted by atomic mass is 9.43. The topological polar surface area (TPSA) is 76.1 Å². The number of carbonyl (C=O) groups excluding carboxylic acids is 1. The third-order valence-electron chi connectivity index (χ3n) is 9.19. The van der Waals surface area contributed by atoms with Crippen LogP contribution in [0.1, 0.15) is 46.5 Å². The van der Waals surface area contributed by atoms with Gasteiger partial charge in [-0.2, -0.15) is 0 Å². The average Bonchev–Trinajstić information content (AvgIpc) is 3.31. The largest absolute Gasteiger partial charge is 0.481 e. The summed E-state index contributed by atoms with van der Waals surface area (Å²) in [5.74, 6) is 0.573. The van der Waals surface area contributed by atoms with Crippen molar-refractivity contribution in [3.63, 3.8) is 0 Å². The Morgan fingerprint density at radius 2 is 2.14 bits per heavy atom. The van der Waals surface area contributed by atoms with Crippen LogP contribution in [0.4, 0.5) is 0 Å². The molecule has 0 aromatic rings. The minimum Gasteiger partial charge on any atom is -0.481 e. The first kappa shape index (κ1) is 18.8. The molecule has 0 aromatic heterocycles. The molecule has 28 heavy (non-hydrogen) atoms. The predicted octanol–water partition coefficient (Wildman–Crippen LogP) is 3.33. The number of aliphatic carboxylic acids is 1. The lowest BCUT2D eigenvalue weighted by Gasteiger charge is -2.58. The van der Waals surface area contributed by atoms with Crippen LogP contribution in [-0.2, 0) is 19.1 Å². The van der Waals surface area contributed by atoms with E-state index in [2.05, 4.69) is 26.8 Å². The third-order valence-corrected chi connectivity index (χ3v) is 9.19. The Balaban J connectivity index is 1.67.